The van der Waals surface area contributed by atoms with Crippen LogP contribution in [-0.4, -0.2) is 49.1 Å². The summed E-state index contributed by atoms with van der Waals surface area (Å²) in [5, 5.41) is 3.88. The van der Waals surface area contributed by atoms with Gasteiger partial charge in [-0.25, -0.2) is 4.79 Å². The molecule has 2 aliphatic heterocycles. The van der Waals surface area contributed by atoms with Gasteiger partial charge in [0.2, 0.25) is 0 Å². The molecule has 2 saturated heterocycles. The molecule has 124 valence electrons. The van der Waals surface area contributed by atoms with Gasteiger partial charge in [-0.3, -0.25) is 0 Å². The van der Waals surface area contributed by atoms with E-state index in [1.54, 1.807) is 0 Å². The Morgan fingerprint density at radius 3 is 2.74 bits per heavy atom. The molecule has 1 aliphatic carbocycles. The Bertz CT molecular complexity index is 586. The normalized spacial score (nSPS) is 28.8. The van der Waals surface area contributed by atoms with Crippen LogP contribution in [0, 0.1) is 0 Å². The highest BCUT2D eigenvalue weighted by molar-refractivity contribution is 6.30. The van der Waals surface area contributed by atoms with Crippen molar-refractivity contribution in [2.45, 2.75) is 37.0 Å². The number of piperidine rings is 1. The van der Waals surface area contributed by atoms with Crippen molar-refractivity contribution in [3.63, 3.8) is 0 Å². The maximum Gasteiger partial charge on any atom is 0.317 e. The summed E-state index contributed by atoms with van der Waals surface area (Å²) in [5.74, 6) is -0.164. The Kier molecular flexibility index (Phi) is 3.95. The fourth-order valence-electron chi connectivity index (χ4n) is 3.58. The van der Waals surface area contributed by atoms with Crippen LogP contribution < -0.4 is 5.32 Å². The number of carbonyl (C=O) groups excluding carboxylic acids is 1. The van der Waals surface area contributed by atoms with Crippen molar-refractivity contribution in [2.24, 2.45) is 0 Å². The van der Waals surface area contributed by atoms with Crippen LogP contribution in [0.5, 0.6) is 0 Å². The van der Waals surface area contributed by atoms with Crippen molar-refractivity contribution in [1.82, 2.24) is 10.2 Å². The summed E-state index contributed by atoms with van der Waals surface area (Å²) in [6.07, 6.45) is 2.77. The van der Waals surface area contributed by atoms with Gasteiger partial charge < -0.3 is 19.7 Å². The first-order valence-corrected chi connectivity index (χ1v) is 8.62. The van der Waals surface area contributed by atoms with E-state index in [1.807, 2.05) is 29.2 Å². The van der Waals surface area contributed by atoms with Crippen LogP contribution in [0.15, 0.2) is 24.3 Å². The Balaban J connectivity index is 1.33. The molecule has 2 amide bonds. The number of nitrogens with one attached hydrogen (secondary N) is 1. The molecule has 3 aliphatic rings. The second kappa shape index (κ2) is 5.96. The molecule has 2 atom stereocenters. The highest BCUT2D eigenvalue weighted by Gasteiger charge is 2.44. The molecule has 0 aromatic heterocycles. The predicted octanol–water partition coefficient (Wildman–Crippen LogP) is 2.74. The zero-order valence-corrected chi connectivity index (χ0v) is 13.7. The zero-order valence-electron chi connectivity index (χ0n) is 13.0. The first kappa shape index (κ1) is 15.2. The van der Waals surface area contributed by atoms with Crippen LogP contribution in [0.1, 0.15) is 30.7 Å². The molecule has 3 fully saturated rings. The van der Waals surface area contributed by atoms with E-state index >= 15 is 0 Å². The lowest BCUT2D eigenvalue weighted by atomic mass is 10.1. The summed E-state index contributed by atoms with van der Waals surface area (Å²) in [6.45, 7) is 2.53. The minimum Gasteiger partial charge on any atom is -0.346 e. The molecule has 4 rings (SSSR count). The minimum absolute atomic E-state index is 0.00959. The van der Waals surface area contributed by atoms with Gasteiger partial charge in [0.15, 0.2) is 5.79 Å². The third-order valence-electron chi connectivity index (χ3n) is 4.92. The van der Waals surface area contributed by atoms with E-state index in [1.165, 1.54) is 5.56 Å². The quantitative estimate of drug-likeness (QED) is 0.903. The highest BCUT2D eigenvalue weighted by Crippen LogP contribution is 2.41. The monoisotopic (exact) mass is 336 g/mol. The summed E-state index contributed by atoms with van der Waals surface area (Å²) < 4.78 is 11.5. The van der Waals surface area contributed by atoms with Crippen molar-refractivity contribution in [3.05, 3.63) is 34.9 Å². The highest BCUT2D eigenvalue weighted by atomic mass is 35.5. The van der Waals surface area contributed by atoms with Gasteiger partial charge in [-0.1, -0.05) is 23.7 Å². The number of benzene rings is 1. The van der Waals surface area contributed by atoms with E-state index in [-0.39, 0.29) is 12.1 Å². The van der Waals surface area contributed by atoms with E-state index in [0.29, 0.717) is 25.7 Å². The van der Waals surface area contributed by atoms with Crippen LogP contribution in [0.3, 0.4) is 0 Å². The fourth-order valence-corrected chi connectivity index (χ4v) is 3.70. The average Bonchev–Trinajstić information content (AvgIpc) is 3.18. The molecule has 0 radical (unpaired) electrons. The van der Waals surface area contributed by atoms with Crippen molar-refractivity contribution in [2.75, 3.05) is 26.3 Å². The number of halogens is 1. The van der Waals surface area contributed by atoms with Gasteiger partial charge in [0.05, 0.1) is 19.8 Å². The second-order valence-electron chi connectivity index (χ2n) is 6.58. The standard InChI is InChI=1S/C17H21ClN2O3/c18-13-4-2-12(3-5-13)14-10-15(14)19-16(21)20-7-1-6-17(11-20)22-8-9-23-17/h2-5,14-15H,1,6-11H2,(H,19,21)/t14-,15-/m1/s1. The van der Waals surface area contributed by atoms with E-state index in [9.17, 15) is 4.79 Å². The summed E-state index contributed by atoms with van der Waals surface area (Å²) in [5.41, 5.74) is 1.23. The Morgan fingerprint density at radius 2 is 2.00 bits per heavy atom. The maximum atomic E-state index is 12.5. The van der Waals surface area contributed by atoms with Gasteiger partial charge in [0, 0.05) is 29.9 Å². The SMILES string of the molecule is O=C(N[C@@H]1C[C@@H]1c1ccc(Cl)cc1)N1CCCC2(C1)OCCO2. The molecule has 1 aromatic rings. The Hall–Kier alpha value is -1.30. The Labute approximate surface area is 140 Å². The molecular formula is C17H21ClN2O3. The van der Waals surface area contributed by atoms with Crippen molar-refractivity contribution < 1.29 is 14.3 Å². The number of hydrogen-bond acceptors (Lipinski definition) is 3. The molecular weight excluding hydrogens is 316 g/mol. The van der Waals surface area contributed by atoms with Crippen LogP contribution in [0.25, 0.3) is 0 Å². The number of ether oxygens (including phenoxy) is 2. The van der Waals surface area contributed by atoms with Gasteiger partial charge in [0.25, 0.3) is 0 Å². The second-order valence-corrected chi connectivity index (χ2v) is 7.02. The fraction of sp³-hybridized carbons (Fsp3) is 0.588. The molecule has 1 spiro atoms. The summed E-state index contributed by atoms with van der Waals surface area (Å²) in [6, 6.07) is 8.08. The Morgan fingerprint density at radius 1 is 1.26 bits per heavy atom. The van der Waals surface area contributed by atoms with Crippen LogP contribution in [-0.2, 0) is 9.47 Å². The largest absolute Gasteiger partial charge is 0.346 e. The van der Waals surface area contributed by atoms with Gasteiger partial charge in [-0.15, -0.1) is 0 Å². The smallest absolute Gasteiger partial charge is 0.317 e. The van der Waals surface area contributed by atoms with Gasteiger partial charge in [-0.2, -0.15) is 0 Å². The molecule has 2 heterocycles. The third-order valence-corrected chi connectivity index (χ3v) is 5.17. The number of urea groups is 1. The molecule has 0 unspecified atom stereocenters. The zero-order chi connectivity index (χ0) is 15.9. The molecule has 1 N–H and O–H groups in total. The molecule has 1 saturated carbocycles. The van der Waals surface area contributed by atoms with E-state index < -0.39 is 5.79 Å². The van der Waals surface area contributed by atoms with Crippen molar-refractivity contribution in [1.29, 1.82) is 0 Å². The van der Waals surface area contributed by atoms with Crippen molar-refractivity contribution in [3.8, 4) is 0 Å². The van der Waals surface area contributed by atoms with Crippen LogP contribution >= 0.6 is 11.6 Å². The average molecular weight is 337 g/mol. The van der Waals surface area contributed by atoms with E-state index in [2.05, 4.69) is 5.32 Å². The molecule has 6 heteroatoms. The maximum absolute atomic E-state index is 12.5. The predicted molar refractivity (Wildman–Crippen MR) is 86.6 cm³/mol. The lowest BCUT2D eigenvalue weighted by Gasteiger charge is -2.38. The number of nitrogens with zero attached hydrogens (tertiary/aromatic N) is 1. The topological polar surface area (TPSA) is 50.8 Å². The van der Waals surface area contributed by atoms with Crippen molar-refractivity contribution >= 4 is 17.6 Å². The number of amides is 2. The van der Waals surface area contributed by atoms with Gasteiger partial charge in [0.1, 0.15) is 0 Å². The summed E-state index contributed by atoms with van der Waals surface area (Å²) in [4.78, 5) is 14.3. The molecule has 5 nitrogen and oxygen atoms in total. The van der Waals surface area contributed by atoms with Gasteiger partial charge in [-0.05, 0) is 30.5 Å². The lowest BCUT2D eigenvalue weighted by molar-refractivity contribution is -0.182. The van der Waals surface area contributed by atoms with Crippen LogP contribution in [0.2, 0.25) is 5.02 Å². The first-order chi connectivity index (χ1) is 11.2. The van der Waals surface area contributed by atoms with Gasteiger partial charge >= 0.3 is 6.03 Å². The minimum atomic E-state index is -0.561. The summed E-state index contributed by atoms with van der Waals surface area (Å²) >= 11 is 5.92. The number of hydrogen-bond donors (Lipinski definition) is 1. The molecule has 0 bridgehead atoms. The lowest BCUT2D eigenvalue weighted by Crippen LogP contribution is -2.54. The van der Waals surface area contributed by atoms with E-state index in [0.717, 1.165) is 30.8 Å². The van der Waals surface area contributed by atoms with Crippen LogP contribution in [0.4, 0.5) is 4.79 Å². The number of likely N-dealkylation sites (tertiary alicyclic amines) is 1. The first-order valence-electron chi connectivity index (χ1n) is 8.24. The molecule has 23 heavy (non-hydrogen) atoms. The van der Waals surface area contributed by atoms with E-state index in [4.69, 9.17) is 21.1 Å². The number of rotatable bonds is 2. The summed E-state index contributed by atoms with van der Waals surface area (Å²) in [7, 11) is 0. The number of carbonyl (C=O) groups is 1. The molecule has 1 aromatic carbocycles. The third kappa shape index (κ3) is 3.18.